The molecule has 0 aliphatic carbocycles. The minimum atomic E-state index is 0.211. The van der Waals surface area contributed by atoms with Crippen LogP contribution < -0.4 is 5.32 Å². The molecule has 1 aliphatic heterocycles. The summed E-state index contributed by atoms with van der Waals surface area (Å²) in [5, 5.41) is 3.69. The summed E-state index contributed by atoms with van der Waals surface area (Å²) < 4.78 is 0. The summed E-state index contributed by atoms with van der Waals surface area (Å²) in [4.78, 5) is 2.66. The monoisotopic (exact) mass is 274 g/mol. The zero-order valence-electron chi connectivity index (χ0n) is 13.7. The van der Waals surface area contributed by atoms with Gasteiger partial charge in [-0.05, 0) is 37.8 Å². The molecule has 20 heavy (non-hydrogen) atoms. The van der Waals surface area contributed by atoms with Gasteiger partial charge >= 0.3 is 0 Å². The average Bonchev–Trinajstić information content (AvgIpc) is 2.36. The summed E-state index contributed by atoms with van der Waals surface area (Å²) in [7, 11) is 0. The van der Waals surface area contributed by atoms with Crippen LogP contribution in [0, 0.1) is 5.41 Å². The number of piperazine rings is 1. The molecule has 0 saturated carbocycles. The second kappa shape index (κ2) is 5.87. The number of hydrogen-bond donors (Lipinski definition) is 1. The molecule has 1 unspecified atom stereocenters. The quantitative estimate of drug-likeness (QED) is 0.900. The molecule has 1 N–H and O–H groups in total. The lowest BCUT2D eigenvalue weighted by atomic mass is 9.89. The van der Waals surface area contributed by atoms with Crippen LogP contribution in [0.25, 0.3) is 0 Å². The lowest BCUT2D eigenvalue weighted by molar-refractivity contribution is 0.0834. The average molecular weight is 274 g/mol. The van der Waals surface area contributed by atoms with Crippen molar-refractivity contribution in [3.8, 4) is 0 Å². The molecular formula is C18H30N2. The maximum Gasteiger partial charge on any atom is 0.0473 e. The predicted molar refractivity (Wildman–Crippen MR) is 86.9 cm³/mol. The minimum Gasteiger partial charge on any atom is -0.309 e. The van der Waals surface area contributed by atoms with Gasteiger partial charge < -0.3 is 5.32 Å². The third-order valence-corrected chi connectivity index (χ3v) is 4.15. The number of nitrogens with one attached hydrogen (secondary N) is 1. The Morgan fingerprint density at radius 3 is 2.45 bits per heavy atom. The Morgan fingerprint density at radius 2 is 1.85 bits per heavy atom. The molecule has 0 radical (unpaired) electrons. The molecule has 0 spiro atoms. The van der Waals surface area contributed by atoms with E-state index >= 15 is 0 Å². The first-order chi connectivity index (χ1) is 9.27. The molecule has 1 saturated heterocycles. The van der Waals surface area contributed by atoms with E-state index in [1.807, 2.05) is 0 Å². The minimum absolute atomic E-state index is 0.211. The molecule has 0 bridgehead atoms. The van der Waals surface area contributed by atoms with E-state index in [1.165, 1.54) is 18.5 Å². The van der Waals surface area contributed by atoms with Crippen LogP contribution in [-0.2, 0) is 0 Å². The summed E-state index contributed by atoms with van der Waals surface area (Å²) >= 11 is 0. The van der Waals surface area contributed by atoms with Crippen LogP contribution in [0.1, 0.15) is 52.6 Å². The van der Waals surface area contributed by atoms with Gasteiger partial charge in [-0.15, -0.1) is 0 Å². The molecule has 1 heterocycles. The lowest BCUT2D eigenvalue weighted by Crippen LogP contribution is -2.58. The van der Waals surface area contributed by atoms with E-state index in [4.69, 9.17) is 0 Å². The first kappa shape index (κ1) is 15.5. The molecule has 0 amide bonds. The Bertz CT molecular complexity index is 417. The van der Waals surface area contributed by atoms with Crippen molar-refractivity contribution in [1.29, 1.82) is 0 Å². The van der Waals surface area contributed by atoms with Crippen molar-refractivity contribution in [1.82, 2.24) is 10.2 Å². The maximum atomic E-state index is 3.69. The van der Waals surface area contributed by atoms with E-state index in [2.05, 4.69) is 75.2 Å². The van der Waals surface area contributed by atoms with Gasteiger partial charge in [-0.3, -0.25) is 4.90 Å². The third kappa shape index (κ3) is 4.32. The fourth-order valence-electron chi connectivity index (χ4n) is 2.89. The maximum absolute atomic E-state index is 3.69. The Kier molecular flexibility index (Phi) is 4.55. The standard InChI is InChI=1S/C18H30N2/c1-17(2,3)11-12-20-14-18(4,5)19-13-16(20)15-9-7-6-8-10-15/h6-10,16,19H,11-14H2,1-5H3. The highest BCUT2D eigenvalue weighted by molar-refractivity contribution is 5.20. The van der Waals surface area contributed by atoms with Gasteiger partial charge in [0.1, 0.15) is 0 Å². The van der Waals surface area contributed by atoms with Crippen LogP contribution in [0.5, 0.6) is 0 Å². The molecule has 2 rings (SSSR count). The van der Waals surface area contributed by atoms with Gasteiger partial charge in [0, 0.05) is 24.7 Å². The van der Waals surface area contributed by atoms with E-state index in [0.29, 0.717) is 11.5 Å². The summed E-state index contributed by atoms with van der Waals surface area (Å²) in [6.07, 6.45) is 1.24. The Hall–Kier alpha value is -0.860. The van der Waals surface area contributed by atoms with Gasteiger partial charge in [-0.1, -0.05) is 51.1 Å². The fraction of sp³-hybridized carbons (Fsp3) is 0.667. The van der Waals surface area contributed by atoms with Crippen molar-refractivity contribution in [2.24, 2.45) is 5.41 Å². The zero-order valence-corrected chi connectivity index (χ0v) is 13.7. The van der Waals surface area contributed by atoms with Gasteiger partial charge in [-0.2, -0.15) is 0 Å². The second-order valence-corrected chi connectivity index (χ2v) is 7.97. The summed E-state index contributed by atoms with van der Waals surface area (Å²) in [5.74, 6) is 0. The van der Waals surface area contributed by atoms with Gasteiger partial charge in [0.25, 0.3) is 0 Å². The van der Waals surface area contributed by atoms with Gasteiger partial charge in [0.15, 0.2) is 0 Å². The molecule has 112 valence electrons. The summed E-state index contributed by atoms with van der Waals surface area (Å²) in [5.41, 5.74) is 2.05. The molecule has 2 heteroatoms. The normalized spacial score (nSPS) is 23.8. The highest BCUT2D eigenvalue weighted by Crippen LogP contribution is 2.29. The number of nitrogens with zero attached hydrogens (tertiary/aromatic N) is 1. The molecule has 1 aromatic rings. The molecule has 0 aromatic heterocycles. The van der Waals surface area contributed by atoms with E-state index in [-0.39, 0.29) is 5.54 Å². The van der Waals surface area contributed by atoms with Crippen LogP contribution >= 0.6 is 0 Å². The lowest BCUT2D eigenvalue weighted by Gasteiger charge is -2.45. The highest BCUT2D eigenvalue weighted by atomic mass is 15.2. The van der Waals surface area contributed by atoms with Gasteiger partial charge in [0.2, 0.25) is 0 Å². The molecular weight excluding hydrogens is 244 g/mol. The van der Waals surface area contributed by atoms with Crippen LogP contribution in [0.4, 0.5) is 0 Å². The van der Waals surface area contributed by atoms with Crippen molar-refractivity contribution in [2.75, 3.05) is 19.6 Å². The van der Waals surface area contributed by atoms with Crippen molar-refractivity contribution >= 4 is 0 Å². The fourth-order valence-corrected chi connectivity index (χ4v) is 2.89. The highest BCUT2D eigenvalue weighted by Gasteiger charge is 2.33. The van der Waals surface area contributed by atoms with E-state index < -0.39 is 0 Å². The smallest absolute Gasteiger partial charge is 0.0473 e. The van der Waals surface area contributed by atoms with Crippen molar-refractivity contribution in [3.63, 3.8) is 0 Å². The Balaban J connectivity index is 2.12. The van der Waals surface area contributed by atoms with E-state index in [1.54, 1.807) is 0 Å². The SMILES string of the molecule is CC(C)(C)CCN1CC(C)(C)NCC1c1ccccc1. The Labute approximate surface area is 124 Å². The van der Waals surface area contributed by atoms with Crippen molar-refractivity contribution in [3.05, 3.63) is 35.9 Å². The van der Waals surface area contributed by atoms with Gasteiger partial charge in [-0.25, -0.2) is 0 Å². The van der Waals surface area contributed by atoms with Crippen LogP contribution in [0.3, 0.4) is 0 Å². The molecule has 2 nitrogen and oxygen atoms in total. The zero-order chi connectivity index (χ0) is 14.8. The second-order valence-electron chi connectivity index (χ2n) is 7.97. The number of benzene rings is 1. The van der Waals surface area contributed by atoms with Crippen molar-refractivity contribution in [2.45, 2.75) is 52.6 Å². The van der Waals surface area contributed by atoms with E-state index in [0.717, 1.165) is 13.1 Å². The Morgan fingerprint density at radius 1 is 1.20 bits per heavy atom. The molecule has 1 aliphatic rings. The predicted octanol–water partition coefficient (Wildman–Crippen LogP) is 3.85. The van der Waals surface area contributed by atoms with Crippen LogP contribution in [0.15, 0.2) is 30.3 Å². The first-order valence-electron chi connectivity index (χ1n) is 7.81. The van der Waals surface area contributed by atoms with E-state index in [9.17, 15) is 0 Å². The van der Waals surface area contributed by atoms with Gasteiger partial charge in [0.05, 0.1) is 0 Å². The first-order valence-corrected chi connectivity index (χ1v) is 7.81. The third-order valence-electron chi connectivity index (χ3n) is 4.15. The number of rotatable bonds is 3. The van der Waals surface area contributed by atoms with Crippen LogP contribution in [0.2, 0.25) is 0 Å². The molecule has 1 aromatic carbocycles. The molecule has 1 fully saturated rings. The number of hydrogen-bond acceptors (Lipinski definition) is 2. The molecule has 1 atom stereocenters. The van der Waals surface area contributed by atoms with Crippen LogP contribution in [-0.4, -0.2) is 30.1 Å². The summed E-state index contributed by atoms with van der Waals surface area (Å²) in [6, 6.07) is 11.4. The topological polar surface area (TPSA) is 15.3 Å². The summed E-state index contributed by atoms with van der Waals surface area (Å²) in [6.45, 7) is 14.9. The van der Waals surface area contributed by atoms with Crippen molar-refractivity contribution < 1.29 is 0 Å². The largest absolute Gasteiger partial charge is 0.309 e.